The van der Waals surface area contributed by atoms with Crippen LogP contribution in [0.25, 0.3) is 4.85 Å². The maximum Gasteiger partial charge on any atom is 0.338 e. The lowest BCUT2D eigenvalue weighted by molar-refractivity contribution is -0.178. The molecule has 50 heavy (non-hydrogen) atoms. The first-order valence-corrected chi connectivity index (χ1v) is 15.8. The number of azo groups is 2. The van der Waals surface area contributed by atoms with Gasteiger partial charge in [-0.25, -0.2) is 6.57 Å². The van der Waals surface area contributed by atoms with E-state index in [-0.39, 0.29) is 64.6 Å². The Morgan fingerprint density at radius 3 is 1.34 bits per heavy atom. The van der Waals surface area contributed by atoms with Crippen molar-refractivity contribution in [2.24, 2.45) is 20.5 Å². The first-order chi connectivity index (χ1) is 23.3. The number of carbonyl (C=O) groups is 4. The van der Waals surface area contributed by atoms with Crippen molar-refractivity contribution < 1.29 is 48.3 Å². The van der Waals surface area contributed by atoms with Gasteiger partial charge in [-0.2, -0.15) is 31.1 Å². The Hall–Kier alpha value is -5.04. The number of nitrogens with zero attached hydrogens (tertiary/aromatic N) is 8. The Bertz CT molecular complexity index is 1290. The SMILES string of the molecule is [C-]#[N+]C(C)(CCC(=O)OC(C)OCCCCOC(C)OC(=O)CCC(C)(C#N)/N=N\C(C)(C#N)CCC(=O)O)/N=N\C(C)(C#N)CCC(=O)O. The van der Waals surface area contributed by atoms with Crippen molar-refractivity contribution in [3.63, 3.8) is 0 Å². The molecule has 6 atom stereocenters. The molecule has 18 heteroatoms. The van der Waals surface area contributed by atoms with Crippen LogP contribution in [0.5, 0.6) is 0 Å². The maximum absolute atomic E-state index is 12.3. The molecular weight excluding hydrogens is 656 g/mol. The number of ether oxygens (including phenoxy) is 4. The number of carboxylic acid groups (broad SMARTS) is 2. The van der Waals surface area contributed by atoms with E-state index in [1.165, 1.54) is 41.5 Å². The molecule has 0 saturated carbocycles. The highest BCUT2D eigenvalue weighted by molar-refractivity contribution is 5.70. The summed E-state index contributed by atoms with van der Waals surface area (Å²) >= 11 is 0. The van der Waals surface area contributed by atoms with Gasteiger partial charge in [0.2, 0.25) is 0 Å². The Labute approximate surface area is 291 Å². The largest absolute Gasteiger partial charge is 0.481 e. The fourth-order valence-corrected chi connectivity index (χ4v) is 3.60. The first-order valence-electron chi connectivity index (χ1n) is 15.8. The van der Waals surface area contributed by atoms with Gasteiger partial charge in [0.15, 0.2) is 29.2 Å². The van der Waals surface area contributed by atoms with Gasteiger partial charge in [0.1, 0.15) is 0 Å². The van der Waals surface area contributed by atoms with Crippen LogP contribution in [-0.2, 0) is 38.1 Å². The van der Waals surface area contributed by atoms with Crippen molar-refractivity contribution in [3.05, 3.63) is 11.4 Å². The number of hydrogen-bond donors (Lipinski definition) is 2. The number of hydrogen-bond acceptors (Lipinski definition) is 15. The first kappa shape index (κ1) is 45.0. The molecule has 0 aromatic rings. The average Bonchev–Trinajstić information content (AvgIpc) is 3.07. The van der Waals surface area contributed by atoms with E-state index in [9.17, 15) is 35.0 Å². The second-order valence-electron chi connectivity index (χ2n) is 12.2. The summed E-state index contributed by atoms with van der Waals surface area (Å²) in [5.41, 5.74) is -5.74. The molecule has 274 valence electrons. The van der Waals surface area contributed by atoms with Crippen molar-refractivity contribution in [1.29, 1.82) is 15.8 Å². The lowest BCUT2D eigenvalue weighted by Crippen LogP contribution is -2.26. The third-order valence-corrected chi connectivity index (χ3v) is 7.05. The van der Waals surface area contributed by atoms with Crippen LogP contribution in [-0.4, -0.2) is 82.2 Å². The molecule has 0 aliphatic rings. The summed E-state index contributed by atoms with van der Waals surface area (Å²) in [6.45, 7) is 16.6. The van der Waals surface area contributed by atoms with E-state index in [2.05, 4.69) is 25.3 Å². The van der Waals surface area contributed by atoms with Crippen LogP contribution in [0.2, 0.25) is 0 Å². The zero-order valence-electron chi connectivity index (χ0n) is 29.4. The van der Waals surface area contributed by atoms with Crippen LogP contribution in [0.1, 0.15) is 106 Å². The molecule has 0 spiro atoms. The van der Waals surface area contributed by atoms with Crippen LogP contribution >= 0.6 is 0 Å². The molecule has 0 aromatic carbocycles. The quantitative estimate of drug-likeness (QED) is 0.0404. The van der Waals surface area contributed by atoms with Gasteiger partial charge in [-0.05, 0) is 66.7 Å². The summed E-state index contributed by atoms with van der Waals surface area (Å²) < 4.78 is 21.4. The van der Waals surface area contributed by atoms with Crippen molar-refractivity contribution >= 4 is 23.9 Å². The number of esters is 2. The zero-order chi connectivity index (χ0) is 38.4. The molecule has 0 aromatic heterocycles. The lowest BCUT2D eigenvalue weighted by atomic mass is 9.97. The maximum atomic E-state index is 12.3. The van der Waals surface area contributed by atoms with E-state index < -0.39 is 58.7 Å². The van der Waals surface area contributed by atoms with Crippen molar-refractivity contribution in [3.8, 4) is 18.2 Å². The summed E-state index contributed by atoms with van der Waals surface area (Å²) in [5.74, 6) is -3.46. The van der Waals surface area contributed by atoms with Crippen LogP contribution in [0, 0.1) is 40.6 Å². The smallest absolute Gasteiger partial charge is 0.338 e. The lowest BCUT2D eigenvalue weighted by Gasteiger charge is -2.19. The number of carboxylic acids is 2. The van der Waals surface area contributed by atoms with Gasteiger partial charge < -0.3 is 29.2 Å². The fraction of sp³-hybridized carbons (Fsp3) is 0.750. The van der Waals surface area contributed by atoms with Crippen molar-refractivity contribution in [2.45, 2.75) is 141 Å². The summed E-state index contributed by atoms with van der Waals surface area (Å²) in [4.78, 5) is 49.6. The molecule has 0 aliphatic heterocycles. The second-order valence-corrected chi connectivity index (χ2v) is 12.2. The van der Waals surface area contributed by atoms with E-state index in [0.29, 0.717) is 12.8 Å². The molecule has 0 heterocycles. The van der Waals surface area contributed by atoms with Crippen molar-refractivity contribution in [2.75, 3.05) is 13.2 Å². The van der Waals surface area contributed by atoms with Gasteiger partial charge in [-0.3, -0.25) is 24.0 Å². The monoisotopic (exact) mass is 702 g/mol. The highest BCUT2D eigenvalue weighted by Gasteiger charge is 2.34. The Morgan fingerprint density at radius 1 is 0.660 bits per heavy atom. The molecule has 0 amide bonds. The average molecular weight is 703 g/mol. The minimum Gasteiger partial charge on any atom is -0.481 e. The Kier molecular flexibility index (Phi) is 19.6. The van der Waals surface area contributed by atoms with Gasteiger partial charge in [-0.1, -0.05) is 0 Å². The fourth-order valence-electron chi connectivity index (χ4n) is 3.60. The van der Waals surface area contributed by atoms with E-state index >= 15 is 0 Å². The zero-order valence-corrected chi connectivity index (χ0v) is 29.4. The van der Waals surface area contributed by atoms with E-state index in [4.69, 9.17) is 35.7 Å². The van der Waals surface area contributed by atoms with Crippen molar-refractivity contribution in [1.82, 2.24) is 0 Å². The normalized spacial score (nSPS) is 17.2. The highest BCUT2D eigenvalue weighted by Crippen LogP contribution is 2.26. The summed E-state index contributed by atoms with van der Waals surface area (Å²) in [6.07, 6.45) is -1.94. The molecule has 18 nitrogen and oxygen atoms in total. The van der Waals surface area contributed by atoms with Crippen LogP contribution in [0.4, 0.5) is 0 Å². The second kappa shape index (κ2) is 21.8. The molecule has 0 fully saturated rings. The topological polar surface area (TPSA) is 271 Å². The third kappa shape index (κ3) is 19.7. The molecule has 0 radical (unpaired) electrons. The van der Waals surface area contributed by atoms with Gasteiger partial charge in [0.05, 0.1) is 44.3 Å². The van der Waals surface area contributed by atoms with Gasteiger partial charge in [0.25, 0.3) is 0 Å². The molecular formula is C32H46N8O10. The van der Waals surface area contributed by atoms with Gasteiger partial charge in [0, 0.05) is 26.2 Å². The van der Waals surface area contributed by atoms with Gasteiger partial charge in [-0.15, -0.1) is 5.11 Å². The molecule has 0 bridgehead atoms. The molecule has 0 rings (SSSR count). The summed E-state index contributed by atoms with van der Waals surface area (Å²) in [6, 6.07) is 5.73. The minimum atomic E-state index is -1.45. The van der Waals surface area contributed by atoms with E-state index in [1.54, 1.807) is 0 Å². The Balaban J connectivity index is 4.49. The summed E-state index contributed by atoms with van der Waals surface area (Å²) in [7, 11) is 0. The number of unbranched alkanes of at least 4 members (excludes halogenated alkanes) is 1. The van der Waals surface area contributed by atoms with Crippen LogP contribution in [0.3, 0.4) is 0 Å². The third-order valence-electron chi connectivity index (χ3n) is 7.05. The molecule has 2 N–H and O–H groups in total. The van der Waals surface area contributed by atoms with Crippen LogP contribution < -0.4 is 0 Å². The van der Waals surface area contributed by atoms with Crippen LogP contribution in [0.15, 0.2) is 20.5 Å². The molecule has 0 aliphatic carbocycles. The van der Waals surface area contributed by atoms with Gasteiger partial charge >= 0.3 is 29.5 Å². The molecule has 0 saturated heterocycles. The molecule has 6 unspecified atom stereocenters. The number of aliphatic carboxylic acids is 2. The predicted octanol–water partition coefficient (Wildman–Crippen LogP) is 5.25. The Morgan fingerprint density at radius 2 is 1.00 bits per heavy atom. The minimum absolute atomic E-state index is 0.0487. The van der Waals surface area contributed by atoms with E-state index in [0.717, 1.165) is 0 Å². The summed E-state index contributed by atoms with van der Waals surface area (Å²) in [5, 5.41) is 61.6. The number of rotatable bonds is 25. The predicted molar refractivity (Wildman–Crippen MR) is 171 cm³/mol. The number of nitriles is 3. The number of carbonyl (C=O) groups excluding carboxylic acids is 2. The standard InChI is InChI=1S/C32H46N8O10/c1-23(49-27(45)12-16-31(5,22-35)38-37-29(3,20-33)14-10-25(41)42)47-18-8-9-19-48-24(2)50-28(46)13-17-32(6,36-7)40-39-30(4,21-34)15-11-26(43)44/h23-24H,8-19H2,1-6H3,(H,41,42)(H,43,44)/b38-37-,40-39-. The highest BCUT2D eigenvalue weighted by atomic mass is 16.7. The van der Waals surface area contributed by atoms with E-state index in [1.807, 2.05) is 18.2 Å².